The van der Waals surface area contributed by atoms with Crippen LogP contribution in [0.4, 0.5) is 11.6 Å². The van der Waals surface area contributed by atoms with Gasteiger partial charge in [-0.2, -0.15) is 0 Å². The van der Waals surface area contributed by atoms with Crippen molar-refractivity contribution in [3.05, 3.63) is 11.9 Å². The van der Waals surface area contributed by atoms with Gasteiger partial charge in [0.15, 0.2) is 0 Å². The van der Waals surface area contributed by atoms with E-state index in [9.17, 15) is 0 Å². The first-order valence-corrected chi connectivity index (χ1v) is 6.65. The minimum Gasteiger partial charge on any atom is -0.368 e. The number of nitrogens with two attached hydrogens (primary N) is 1. The summed E-state index contributed by atoms with van der Waals surface area (Å²) in [7, 11) is 4.13. The number of aromatic nitrogens is 2. The van der Waals surface area contributed by atoms with E-state index in [4.69, 9.17) is 5.84 Å². The molecule has 6 nitrogen and oxygen atoms in total. The van der Waals surface area contributed by atoms with Gasteiger partial charge >= 0.3 is 0 Å². The third kappa shape index (κ3) is 4.65. The first kappa shape index (κ1) is 15.7. The molecule has 0 aliphatic rings. The fourth-order valence-corrected chi connectivity index (χ4v) is 1.46. The van der Waals surface area contributed by atoms with Gasteiger partial charge in [0.1, 0.15) is 17.5 Å². The quantitative estimate of drug-likeness (QED) is 0.512. The van der Waals surface area contributed by atoms with Gasteiger partial charge in [-0.05, 0) is 34.4 Å². The lowest BCUT2D eigenvalue weighted by atomic mass is 10.0. The maximum atomic E-state index is 5.44. The van der Waals surface area contributed by atoms with E-state index in [1.54, 1.807) is 0 Å². The number of aryl methyl sites for hydroxylation is 1. The van der Waals surface area contributed by atoms with Gasteiger partial charge in [-0.25, -0.2) is 15.8 Å². The first-order valence-electron chi connectivity index (χ1n) is 6.65. The molecule has 0 saturated carbocycles. The van der Waals surface area contributed by atoms with E-state index >= 15 is 0 Å². The summed E-state index contributed by atoms with van der Waals surface area (Å²) >= 11 is 0. The molecule has 1 aromatic rings. The summed E-state index contributed by atoms with van der Waals surface area (Å²) in [5.41, 5.74) is 2.63. The molecular formula is C13H26N6. The molecule has 0 aliphatic heterocycles. The molecule has 1 heterocycles. The van der Waals surface area contributed by atoms with Gasteiger partial charge < -0.3 is 15.6 Å². The van der Waals surface area contributed by atoms with Crippen molar-refractivity contribution in [1.29, 1.82) is 0 Å². The monoisotopic (exact) mass is 266 g/mol. The molecule has 1 aromatic heterocycles. The van der Waals surface area contributed by atoms with E-state index in [0.717, 1.165) is 31.0 Å². The molecular weight excluding hydrogens is 240 g/mol. The van der Waals surface area contributed by atoms with E-state index in [-0.39, 0.29) is 5.54 Å². The van der Waals surface area contributed by atoms with Crippen molar-refractivity contribution in [1.82, 2.24) is 14.9 Å². The number of nitrogens with one attached hydrogen (secondary N) is 2. The summed E-state index contributed by atoms with van der Waals surface area (Å²) in [5.74, 6) is 7.70. The lowest BCUT2D eigenvalue weighted by molar-refractivity contribution is 0.210. The molecule has 1 rings (SSSR count). The van der Waals surface area contributed by atoms with Crippen molar-refractivity contribution in [3.63, 3.8) is 0 Å². The number of nitrogen functional groups attached to an aromatic ring is 1. The molecule has 19 heavy (non-hydrogen) atoms. The van der Waals surface area contributed by atoms with Crippen LogP contribution in [0.1, 0.15) is 33.0 Å². The van der Waals surface area contributed by atoms with E-state index in [2.05, 4.69) is 60.5 Å². The molecule has 0 bridgehead atoms. The van der Waals surface area contributed by atoms with Gasteiger partial charge in [0.05, 0.1) is 0 Å². The van der Waals surface area contributed by atoms with Crippen molar-refractivity contribution in [2.75, 3.05) is 31.4 Å². The molecule has 0 atom stereocenters. The Balaban J connectivity index is 2.80. The molecule has 0 amide bonds. The van der Waals surface area contributed by atoms with Gasteiger partial charge in [-0.15, -0.1) is 0 Å². The second kappa shape index (κ2) is 6.68. The standard InChI is InChI=1S/C13H26N6/c1-6-7-10-16-11(8-12(17-10)18-14)15-9-13(2,3)19(4)5/h8H,6-7,9,14H2,1-5H3,(H2,15,16,17,18). The zero-order valence-corrected chi connectivity index (χ0v) is 12.6. The Kier molecular flexibility index (Phi) is 5.50. The molecule has 0 aromatic carbocycles. The van der Waals surface area contributed by atoms with Crippen LogP contribution in [0, 0.1) is 0 Å². The zero-order valence-electron chi connectivity index (χ0n) is 12.6. The number of hydrogen-bond acceptors (Lipinski definition) is 6. The van der Waals surface area contributed by atoms with Crippen molar-refractivity contribution in [2.45, 2.75) is 39.2 Å². The molecule has 0 unspecified atom stereocenters. The summed E-state index contributed by atoms with van der Waals surface area (Å²) in [4.78, 5) is 11.0. The average Bonchev–Trinajstić information content (AvgIpc) is 2.36. The minimum absolute atomic E-state index is 0.0478. The highest BCUT2D eigenvalue weighted by Crippen LogP contribution is 2.15. The van der Waals surface area contributed by atoms with Crippen molar-refractivity contribution < 1.29 is 0 Å². The Morgan fingerprint density at radius 3 is 2.42 bits per heavy atom. The van der Waals surface area contributed by atoms with Gasteiger partial charge in [-0.3, -0.25) is 0 Å². The number of anilines is 2. The molecule has 0 fully saturated rings. The summed E-state index contributed by atoms with van der Waals surface area (Å²) in [5, 5.41) is 3.35. The molecule has 0 spiro atoms. The highest BCUT2D eigenvalue weighted by molar-refractivity contribution is 5.47. The van der Waals surface area contributed by atoms with Crippen LogP contribution >= 0.6 is 0 Å². The second-order valence-corrected chi connectivity index (χ2v) is 5.51. The van der Waals surface area contributed by atoms with Crippen LogP contribution in [0.3, 0.4) is 0 Å². The van der Waals surface area contributed by atoms with E-state index in [1.807, 2.05) is 6.07 Å². The smallest absolute Gasteiger partial charge is 0.145 e. The minimum atomic E-state index is 0.0478. The molecule has 0 aliphatic carbocycles. The molecule has 108 valence electrons. The Morgan fingerprint density at radius 1 is 1.26 bits per heavy atom. The van der Waals surface area contributed by atoms with Crippen LogP contribution in [-0.2, 0) is 6.42 Å². The topological polar surface area (TPSA) is 79.1 Å². The number of nitrogens with zero attached hydrogens (tertiary/aromatic N) is 3. The fourth-order valence-electron chi connectivity index (χ4n) is 1.46. The second-order valence-electron chi connectivity index (χ2n) is 5.51. The van der Waals surface area contributed by atoms with Crippen LogP contribution in [0.2, 0.25) is 0 Å². The van der Waals surface area contributed by atoms with E-state index < -0.39 is 0 Å². The summed E-state index contributed by atoms with van der Waals surface area (Å²) in [6, 6.07) is 1.82. The van der Waals surface area contributed by atoms with Crippen LogP contribution in [-0.4, -0.2) is 41.0 Å². The van der Waals surface area contributed by atoms with Crippen molar-refractivity contribution >= 4 is 11.6 Å². The van der Waals surface area contributed by atoms with E-state index in [0.29, 0.717) is 5.82 Å². The van der Waals surface area contributed by atoms with Crippen molar-refractivity contribution in [2.24, 2.45) is 5.84 Å². The van der Waals surface area contributed by atoms with E-state index in [1.165, 1.54) is 0 Å². The summed E-state index contributed by atoms with van der Waals surface area (Å²) in [6.45, 7) is 7.26. The largest absolute Gasteiger partial charge is 0.368 e. The SMILES string of the molecule is CCCc1nc(NN)cc(NCC(C)(C)N(C)C)n1. The number of hydrazine groups is 1. The van der Waals surface area contributed by atoms with Crippen LogP contribution in [0.5, 0.6) is 0 Å². The van der Waals surface area contributed by atoms with Crippen molar-refractivity contribution in [3.8, 4) is 0 Å². The Labute approximate surface area is 115 Å². The Morgan fingerprint density at radius 2 is 1.89 bits per heavy atom. The van der Waals surface area contributed by atoms with Gasteiger partial charge in [0.2, 0.25) is 0 Å². The predicted octanol–water partition coefficient (Wildman–Crippen LogP) is 1.47. The zero-order chi connectivity index (χ0) is 14.5. The molecule has 0 radical (unpaired) electrons. The maximum absolute atomic E-state index is 5.44. The first-order chi connectivity index (χ1) is 8.89. The highest BCUT2D eigenvalue weighted by atomic mass is 15.3. The van der Waals surface area contributed by atoms with Gasteiger partial charge in [-0.1, -0.05) is 6.92 Å². The summed E-state index contributed by atoms with van der Waals surface area (Å²) < 4.78 is 0. The predicted molar refractivity (Wildman–Crippen MR) is 80.1 cm³/mol. The van der Waals surface area contributed by atoms with Crippen LogP contribution in [0.25, 0.3) is 0 Å². The van der Waals surface area contributed by atoms with Gasteiger partial charge in [0.25, 0.3) is 0 Å². The molecule has 0 saturated heterocycles. The number of rotatable bonds is 7. The third-order valence-corrected chi connectivity index (χ3v) is 3.31. The number of likely N-dealkylation sites (N-methyl/N-ethyl adjacent to an activating group) is 1. The molecule has 6 heteroatoms. The van der Waals surface area contributed by atoms with Crippen LogP contribution < -0.4 is 16.6 Å². The average molecular weight is 266 g/mol. The normalized spacial score (nSPS) is 11.7. The van der Waals surface area contributed by atoms with Crippen LogP contribution in [0.15, 0.2) is 6.07 Å². The fraction of sp³-hybridized carbons (Fsp3) is 0.692. The van der Waals surface area contributed by atoms with Gasteiger partial charge in [0, 0.05) is 24.6 Å². The Hall–Kier alpha value is -1.40. The highest BCUT2D eigenvalue weighted by Gasteiger charge is 2.20. The molecule has 4 N–H and O–H groups in total. The lowest BCUT2D eigenvalue weighted by Crippen LogP contribution is -2.44. The maximum Gasteiger partial charge on any atom is 0.145 e. The summed E-state index contributed by atoms with van der Waals surface area (Å²) in [6.07, 6.45) is 1.86. The Bertz CT molecular complexity index is 402. The number of hydrogen-bond donors (Lipinski definition) is 3. The third-order valence-electron chi connectivity index (χ3n) is 3.31. The lowest BCUT2D eigenvalue weighted by Gasteiger charge is -2.32.